The standard InChI is InChI=1S/C20H19NO3S/c1-13-20(15-5-2-3-6-16(15)21-13)17(22)12-25-14-7-8-18-19(11-14)24-10-4-9-23-18/h2-3,5-8,11,21H,4,9-10,12H2,1H3. The van der Waals surface area contributed by atoms with Crippen LogP contribution in [-0.4, -0.2) is 29.7 Å². The Morgan fingerprint density at radius 3 is 2.80 bits per heavy atom. The molecule has 1 aliphatic rings. The highest BCUT2D eigenvalue weighted by molar-refractivity contribution is 8.00. The molecule has 3 aromatic rings. The van der Waals surface area contributed by atoms with E-state index in [9.17, 15) is 4.79 Å². The lowest BCUT2D eigenvalue weighted by atomic mass is 10.1. The summed E-state index contributed by atoms with van der Waals surface area (Å²) in [5.41, 5.74) is 2.71. The number of fused-ring (bicyclic) bond motifs is 2. The predicted molar refractivity (Wildman–Crippen MR) is 100 cm³/mol. The molecule has 0 saturated heterocycles. The van der Waals surface area contributed by atoms with E-state index in [-0.39, 0.29) is 5.78 Å². The normalized spacial score (nSPS) is 13.6. The first-order valence-corrected chi connectivity index (χ1v) is 9.34. The van der Waals surface area contributed by atoms with Gasteiger partial charge >= 0.3 is 0 Å². The van der Waals surface area contributed by atoms with Gasteiger partial charge in [-0.25, -0.2) is 0 Å². The summed E-state index contributed by atoms with van der Waals surface area (Å²) in [6.45, 7) is 3.29. The summed E-state index contributed by atoms with van der Waals surface area (Å²) in [5, 5.41) is 0.990. The highest BCUT2D eigenvalue weighted by atomic mass is 32.2. The van der Waals surface area contributed by atoms with E-state index in [1.807, 2.05) is 49.4 Å². The van der Waals surface area contributed by atoms with Crippen molar-refractivity contribution in [2.75, 3.05) is 19.0 Å². The quantitative estimate of drug-likeness (QED) is 0.549. The van der Waals surface area contributed by atoms with Gasteiger partial charge in [0.2, 0.25) is 0 Å². The molecule has 0 saturated carbocycles. The van der Waals surface area contributed by atoms with Crippen LogP contribution in [0.5, 0.6) is 11.5 Å². The van der Waals surface area contributed by atoms with Crippen molar-refractivity contribution in [3.8, 4) is 11.5 Å². The van der Waals surface area contributed by atoms with Crippen molar-refractivity contribution in [3.63, 3.8) is 0 Å². The molecule has 4 nitrogen and oxygen atoms in total. The van der Waals surface area contributed by atoms with Crippen molar-refractivity contribution in [1.29, 1.82) is 0 Å². The lowest BCUT2D eigenvalue weighted by molar-refractivity contribution is 0.102. The average Bonchev–Trinajstić information content (AvgIpc) is 2.79. The van der Waals surface area contributed by atoms with Crippen LogP contribution in [0.1, 0.15) is 22.5 Å². The van der Waals surface area contributed by atoms with E-state index in [1.54, 1.807) is 0 Å². The molecule has 0 bridgehead atoms. The molecule has 0 unspecified atom stereocenters. The highest BCUT2D eigenvalue weighted by Gasteiger charge is 2.17. The van der Waals surface area contributed by atoms with Crippen molar-refractivity contribution in [1.82, 2.24) is 4.98 Å². The van der Waals surface area contributed by atoms with Crippen LogP contribution in [0.15, 0.2) is 47.4 Å². The summed E-state index contributed by atoms with van der Waals surface area (Å²) in [7, 11) is 0. The number of carbonyl (C=O) groups is 1. The van der Waals surface area contributed by atoms with Crippen molar-refractivity contribution in [2.45, 2.75) is 18.2 Å². The van der Waals surface area contributed by atoms with Crippen LogP contribution in [0, 0.1) is 6.92 Å². The lowest BCUT2D eigenvalue weighted by Gasteiger charge is -2.09. The van der Waals surface area contributed by atoms with Crippen LogP contribution in [0.4, 0.5) is 0 Å². The molecule has 4 rings (SSSR count). The van der Waals surface area contributed by atoms with Crippen LogP contribution in [0.2, 0.25) is 0 Å². The Labute approximate surface area is 150 Å². The first-order chi connectivity index (χ1) is 12.2. The number of ether oxygens (including phenoxy) is 2. The van der Waals surface area contributed by atoms with Crippen LogP contribution in [-0.2, 0) is 0 Å². The minimum atomic E-state index is 0.132. The predicted octanol–water partition coefficient (Wildman–Crippen LogP) is 4.61. The molecule has 0 fully saturated rings. The molecule has 2 aromatic carbocycles. The van der Waals surface area contributed by atoms with Crippen molar-refractivity contribution < 1.29 is 14.3 Å². The molecule has 0 aliphatic carbocycles. The number of thioether (sulfide) groups is 1. The van der Waals surface area contributed by atoms with Crippen LogP contribution >= 0.6 is 11.8 Å². The molecule has 1 aliphatic heterocycles. The zero-order chi connectivity index (χ0) is 17.2. The first kappa shape index (κ1) is 16.1. The Morgan fingerprint density at radius 2 is 1.92 bits per heavy atom. The van der Waals surface area contributed by atoms with E-state index in [2.05, 4.69) is 4.98 Å². The minimum absolute atomic E-state index is 0.132. The third-order valence-corrected chi connectivity index (χ3v) is 5.26. The topological polar surface area (TPSA) is 51.3 Å². The Bertz CT molecular complexity index is 932. The number of hydrogen-bond acceptors (Lipinski definition) is 4. The molecule has 0 atom stereocenters. The number of ketones is 1. The molecule has 0 spiro atoms. The highest BCUT2D eigenvalue weighted by Crippen LogP contribution is 2.34. The van der Waals surface area contributed by atoms with Crippen LogP contribution < -0.4 is 9.47 Å². The van der Waals surface area contributed by atoms with Crippen molar-refractivity contribution in [3.05, 3.63) is 53.7 Å². The summed E-state index contributed by atoms with van der Waals surface area (Å²) in [5.74, 6) is 2.06. The molecular weight excluding hydrogens is 334 g/mol. The average molecular weight is 353 g/mol. The second-order valence-electron chi connectivity index (χ2n) is 6.04. The minimum Gasteiger partial charge on any atom is -0.490 e. The summed E-state index contributed by atoms with van der Waals surface area (Å²) in [4.78, 5) is 17.1. The second kappa shape index (κ2) is 6.84. The van der Waals surface area contributed by atoms with Crippen molar-refractivity contribution >= 4 is 28.4 Å². The van der Waals surface area contributed by atoms with Gasteiger partial charge < -0.3 is 14.5 Å². The van der Waals surface area contributed by atoms with Gasteiger partial charge in [-0.3, -0.25) is 4.79 Å². The Kier molecular flexibility index (Phi) is 4.40. The Balaban J connectivity index is 1.52. The number of aromatic amines is 1. The summed E-state index contributed by atoms with van der Waals surface area (Å²) < 4.78 is 11.4. The Hall–Kier alpha value is -2.40. The zero-order valence-electron chi connectivity index (χ0n) is 14.0. The van der Waals surface area contributed by atoms with Crippen LogP contribution in [0.25, 0.3) is 10.9 Å². The van der Waals surface area contributed by atoms with E-state index in [0.717, 1.165) is 45.0 Å². The largest absolute Gasteiger partial charge is 0.490 e. The molecule has 1 N–H and O–H groups in total. The number of carbonyl (C=O) groups excluding carboxylic acids is 1. The fraction of sp³-hybridized carbons (Fsp3) is 0.250. The fourth-order valence-corrected chi connectivity index (χ4v) is 3.89. The summed E-state index contributed by atoms with van der Waals surface area (Å²) in [6, 6.07) is 13.8. The molecule has 0 amide bonds. The SMILES string of the molecule is Cc1[nH]c2ccccc2c1C(=O)CSc1ccc2c(c1)OCCCO2. The van der Waals surface area contributed by atoms with E-state index >= 15 is 0 Å². The number of nitrogens with one attached hydrogen (secondary N) is 1. The number of aryl methyl sites for hydroxylation is 1. The molecule has 5 heteroatoms. The monoisotopic (exact) mass is 353 g/mol. The number of rotatable bonds is 4. The smallest absolute Gasteiger partial charge is 0.175 e. The third-order valence-electron chi connectivity index (χ3n) is 4.26. The number of para-hydroxylation sites is 1. The molecule has 25 heavy (non-hydrogen) atoms. The second-order valence-corrected chi connectivity index (χ2v) is 7.09. The maximum absolute atomic E-state index is 12.8. The van der Waals surface area contributed by atoms with Gasteiger partial charge in [0.1, 0.15) is 0 Å². The van der Waals surface area contributed by atoms with Gasteiger partial charge in [0.05, 0.1) is 19.0 Å². The molecule has 2 heterocycles. The summed E-state index contributed by atoms with van der Waals surface area (Å²) in [6.07, 6.45) is 0.884. The van der Waals surface area contributed by atoms with Gasteiger partial charge in [0.15, 0.2) is 17.3 Å². The third kappa shape index (κ3) is 3.24. The Morgan fingerprint density at radius 1 is 1.12 bits per heavy atom. The maximum atomic E-state index is 12.8. The maximum Gasteiger partial charge on any atom is 0.175 e. The molecule has 128 valence electrons. The van der Waals surface area contributed by atoms with E-state index < -0.39 is 0 Å². The van der Waals surface area contributed by atoms with Gasteiger partial charge in [0, 0.05) is 33.5 Å². The summed E-state index contributed by atoms with van der Waals surface area (Å²) >= 11 is 1.52. The first-order valence-electron chi connectivity index (χ1n) is 8.35. The number of hydrogen-bond donors (Lipinski definition) is 1. The molecule has 0 radical (unpaired) electrons. The van der Waals surface area contributed by atoms with Gasteiger partial charge in [-0.1, -0.05) is 18.2 Å². The number of H-pyrrole nitrogens is 1. The molecule has 1 aromatic heterocycles. The number of benzene rings is 2. The van der Waals surface area contributed by atoms with Crippen molar-refractivity contribution in [2.24, 2.45) is 0 Å². The number of Topliss-reactive ketones (excluding diaryl/α,β-unsaturated/α-hetero) is 1. The van der Waals surface area contributed by atoms with Crippen LogP contribution in [0.3, 0.4) is 0 Å². The lowest BCUT2D eigenvalue weighted by Crippen LogP contribution is -2.03. The fourth-order valence-electron chi connectivity index (χ4n) is 3.09. The molecular formula is C20H19NO3S. The van der Waals surface area contributed by atoms with E-state index in [0.29, 0.717) is 19.0 Å². The zero-order valence-corrected chi connectivity index (χ0v) is 14.8. The van der Waals surface area contributed by atoms with E-state index in [1.165, 1.54) is 11.8 Å². The number of aromatic nitrogens is 1. The van der Waals surface area contributed by atoms with Gasteiger partial charge in [-0.15, -0.1) is 11.8 Å². The van der Waals surface area contributed by atoms with Gasteiger partial charge in [-0.05, 0) is 31.2 Å². The van der Waals surface area contributed by atoms with Gasteiger partial charge in [0.25, 0.3) is 0 Å². The van der Waals surface area contributed by atoms with Gasteiger partial charge in [-0.2, -0.15) is 0 Å². The van der Waals surface area contributed by atoms with E-state index in [4.69, 9.17) is 9.47 Å².